The molecule has 0 N–H and O–H groups in total. The molecule has 1 aromatic heterocycles. The lowest BCUT2D eigenvalue weighted by Gasteiger charge is -2.04. The Kier molecular flexibility index (Phi) is 2.68. The molecule has 0 saturated carbocycles. The lowest BCUT2D eigenvalue weighted by Crippen LogP contribution is -2.05. The van der Waals surface area contributed by atoms with E-state index < -0.39 is 5.97 Å². The van der Waals surface area contributed by atoms with Crippen LogP contribution in [0.5, 0.6) is 5.75 Å². The van der Waals surface area contributed by atoms with Crippen LogP contribution in [0.2, 0.25) is 0 Å². The van der Waals surface area contributed by atoms with Crippen molar-refractivity contribution < 1.29 is 14.3 Å². The maximum atomic E-state index is 11.4. The van der Waals surface area contributed by atoms with Crippen molar-refractivity contribution in [3.8, 4) is 5.75 Å². The molecule has 2 rings (SSSR count). The third-order valence-corrected chi connectivity index (χ3v) is 2.22. The fraction of sp³-hybridized carbons (Fsp3) is 0.182. The number of carbonyl (C=O) groups is 1. The minimum atomic E-state index is -0.474. The van der Waals surface area contributed by atoms with Crippen LogP contribution in [0, 0.1) is 0 Å². The molecule has 2 aromatic rings. The topological polar surface area (TPSA) is 61.3 Å². The normalized spacial score (nSPS) is 10.1. The third kappa shape index (κ3) is 1.67. The molecule has 0 aliphatic rings. The van der Waals surface area contributed by atoms with Gasteiger partial charge in [-0.3, -0.25) is 0 Å². The Morgan fingerprint density at radius 2 is 2.06 bits per heavy atom. The highest BCUT2D eigenvalue weighted by molar-refractivity contribution is 6.01. The van der Waals surface area contributed by atoms with Gasteiger partial charge in [0.15, 0.2) is 5.69 Å². The van der Waals surface area contributed by atoms with Gasteiger partial charge >= 0.3 is 5.97 Å². The lowest BCUT2D eigenvalue weighted by atomic mass is 10.2. The zero-order valence-corrected chi connectivity index (χ0v) is 8.93. The SMILES string of the molecule is COC(=O)c1ncnc2cc(OC)ccc12. The van der Waals surface area contributed by atoms with Crippen molar-refractivity contribution in [1.82, 2.24) is 9.97 Å². The maximum absolute atomic E-state index is 11.4. The lowest BCUT2D eigenvalue weighted by molar-refractivity contribution is 0.0596. The molecule has 1 heterocycles. The second-order valence-electron chi connectivity index (χ2n) is 3.10. The second-order valence-corrected chi connectivity index (χ2v) is 3.10. The Morgan fingerprint density at radius 3 is 2.75 bits per heavy atom. The highest BCUT2D eigenvalue weighted by atomic mass is 16.5. The smallest absolute Gasteiger partial charge is 0.357 e. The fourth-order valence-corrected chi connectivity index (χ4v) is 1.42. The van der Waals surface area contributed by atoms with E-state index in [4.69, 9.17) is 4.74 Å². The number of hydrogen-bond donors (Lipinski definition) is 0. The van der Waals surface area contributed by atoms with E-state index in [1.54, 1.807) is 25.3 Å². The molecule has 0 spiro atoms. The minimum Gasteiger partial charge on any atom is -0.497 e. The van der Waals surface area contributed by atoms with Crippen molar-refractivity contribution in [3.05, 3.63) is 30.2 Å². The molecule has 0 saturated heterocycles. The van der Waals surface area contributed by atoms with E-state index in [9.17, 15) is 4.79 Å². The average molecular weight is 218 g/mol. The molecule has 5 heteroatoms. The number of nitrogens with zero attached hydrogens (tertiary/aromatic N) is 2. The number of carbonyl (C=O) groups excluding carboxylic acids is 1. The second kappa shape index (κ2) is 4.14. The quantitative estimate of drug-likeness (QED) is 0.713. The predicted molar refractivity (Wildman–Crippen MR) is 57.4 cm³/mol. The predicted octanol–water partition coefficient (Wildman–Crippen LogP) is 1.43. The first-order valence-electron chi connectivity index (χ1n) is 4.63. The Hall–Kier alpha value is -2.17. The zero-order chi connectivity index (χ0) is 11.5. The molecule has 0 radical (unpaired) electrons. The Labute approximate surface area is 92.0 Å². The summed E-state index contributed by atoms with van der Waals surface area (Å²) in [5.74, 6) is 0.208. The van der Waals surface area contributed by atoms with E-state index in [0.29, 0.717) is 16.7 Å². The summed E-state index contributed by atoms with van der Waals surface area (Å²) < 4.78 is 9.71. The molecule has 0 amide bonds. The van der Waals surface area contributed by atoms with E-state index >= 15 is 0 Å². The van der Waals surface area contributed by atoms with Gasteiger partial charge in [0, 0.05) is 11.5 Å². The van der Waals surface area contributed by atoms with E-state index in [0.717, 1.165) is 0 Å². The number of esters is 1. The number of aromatic nitrogens is 2. The van der Waals surface area contributed by atoms with Gasteiger partial charge in [-0.1, -0.05) is 0 Å². The van der Waals surface area contributed by atoms with E-state index in [2.05, 4.69) is 14.7 Å². The number of hydrogen-bond acceptors (Lipinski definition) is 5. The number of rotatable bonds is 2. The van der Waals surface area contributed by atoms with Crippen molar-refractivity contribution in [2.75, 3.05) is 14.2 Å². The van der Waals surface area contributed by atoms with Gasteiger partial charge in [0.25, 0.3) is 0 Å². The van der Waals surface area contributed by atoms with Crippen LogP contribution < -0.4 is 4.74 Å². The van der Waals surface area contributed by atoms with Gasteiger partial charge in [-0.2, -0.15) is 0 Å². The Morgan fingerprint density at radius 1 is 1.25 bits per heavy atom. The third-order valence-electron chi connectivity index (χ3n) is 2.22. The Bertz CT molecular complexity index is 540. The first kappa shape index (κ1) is 10.4. The molecule has 0 bridgehead atoms. The summed E-state index contributed by atoms with van der Waals surface area (Å²) in [6.45, 7) is 0. The molecular weight excluding hydrogens is 208 g/mol. The minimum absolute atomic E-state index is 0.259. The molecule has 82 valence electrons. The van der Waals surface area contributed by atoms with Gasteiger partial charge in [-0.15, -0.1) is 0 Å². The highest BCUT2D eigenvalue weighted by Crippen LogP contribution is 2.20. The summed E-state index contributed by atoms with van der Waals surface area (Å²) >= 11 is 0. The molecule has 0 unspecified atom stereocenters. The monoisotopic (exact) mass is 218 g/mol. The summed E-state index contributed by atoms with van der Waals surface area (Å²) in [6.07, 6.45) is 1.33. The van der Waals surface area contributed by atoms with Crippen molar-refractivity contribution in [2.24, 2.45) is 0 Å². The van der Waals surface area contributed by atoms with E-state index in [1.165, 1.54) is 13.4 Å². The van der Waals surface area contributed by atoms with Crippen molar-refractivity contribution in [3.63, 3.8) is 0 Å². The molecule has 1 aromatic carbocycles. The molecule has 0 aliphatic heterocycles. The number of ether oxygens (including phenoxy) is 2. The summed E-state index contributed by atoms with van der Waals surface area (Å²) in [7, 11) is 2.89. The molecule has 0 atom stereocenters. The summed E-state index contributed by atoms with van der Waals surface area (Å²) in [5.41, 5.74) is 0.907. The Balaban J connectivity index is 2.65. The van der Waals surface area contributed by atoms with Crippen molar-refractivity contribution >= 4 is 16.9 Å². The van der Waals surface area contributed by atoms with Gasteiger partial charge in [0.1, 0.15) is 12.1 Å². The first-order valence-corrected chi connectivity index (χ1v) is 4.63. The largest absolute Gasteiger partial charge is 0.497 e. The maximum Gasteiger partial charge on any atom is 0.357 e. The van der Waals surface area contributed by atoms with E-state index in [-0.39, 0.29) is 5.69 Å². The molecule has 0 fully saturated rings. The van der Waals surface area contributed by atoms with Crippen LogP contribution in [-0.4, -0.2) is 30.2 Å². The van der Waals surface area contributed by atoms with Crippen molar-refractivity contribution in [1.29, 1.82) is 0 Å². The van der Waals surface area contributed by atoms with Crippen LogP contribution in [-0.2, 0) is 4.74 Å². The van der Waals surface area contributed by atoms with Crippen LogP contribution in [0.3, 0.4) is 0 Å². The van der Waals surface area contributed by atoms with Crippen LogP contribution in [0.1, 0.15) is 10.5 Å². The summed E-state index contributed by atoms with van der Waals surface area (Å²) in [6, 6.07) is 5.22. The molecular formula is C11H10N2O3. The van der Waals surface area contributed by atoms with Gasteiger partial charge in [0.05, 0.1) is 19.7 Å². The number of fused-ring (bicyclic) bond motifs is 1. The van der Waals surface area contributed by atoms with Crippen LogP contribution >= 0.6 is 0 Å². The van der Waals surface area contributed by atoms with Gasteiger partial charge in [-0.25, -0.2) is 14.8 Å². The van der Waals surface area contributed by atoms with Crippen LogP contribution in [0.4, 0.5) is 0 Å². The van der Waals surface area contributed by atoms with E-state index in [1.807, 2.05) is 0 Å². The van der Waals surface area contributed by atoms with Crippen molar-refractivity contribution in [2.45, 2.75) is 0 Å². The fourth-order valence-electron chi connectivity index (χ4n) is 1.42. The number of benzene rings is 1. The number of methoxy groups -OCH3 is 2. The van der Waals surface area contributed by atoms with Gasteiger partial charge in [-0.05, 0) is 12.1 Å². The van der Waals surface area contributed by atoms with Crippen LogP contribution in [0.15, 0.2) is 24.5 Å². The van der Waals surface area contributed by atoms with Crippen LogP contribution in [0.25, 0.3) is 10.9 Å². The first-order chi connectivity index (χ1) is 7.76. The zero-order valence-electron chi connectivity index (χ0n) is 8.93. The van der Waals surface area contributed by atoms with Gasteiger partial charge < -0.3 is 9.47 Å². The summed E-state index contributed by atoms with van der Waals surface area (Å²) in [5, 5.41) is 0.648. The molecule has 0 aliphatic carbocycles. The highest BCUT2D eigenvalue weighted by Gasteiger charge is 2.12. The summed E-state index contributed by atoms with van der Waals surface area (Å²) in [4.78, 5) is 19.4. The molecule has 5 nitrogen and oxygen atoms in total. The van der Waals surface area contributed by atoms with Gasteiger partial charge in [0.2, 0.25) is 0 Å². The molecule has 16 heavy (non-hydrogen) atoms. The average Bonchev–Trinajstić information content (AvgIpc) is 2.36. The standard InChI is InChI=1S/C11H10N2O3/c1-15-7-3-4-8-9(5-7)12-6-13-10(8)11(14)16-2/h3-6H,1-2H3.